The number of imidazole rings is 1. The number of ether oxygens (including phenoxy) is 2. The number of para-hydroxylation sites is 2. The van der Waals surface area contributed by atoms with Gasteiger partial charge >= 0.3 is 0 Å². The first-order valence-electron chi connectivity index (χ1n) is 9.62. The van der Waals surface area contributed by atoms with E-state index in [1.54, 1.807) is 14.2 Å². The summed E-state index contributed by atoms with van der Waals surface area (Å²) in [7, 11) is 3.25. The molecule has 5 aromatic rings. The average molecular weight is 396 g/mol. The van der Waals surface area contributed by atoms with Crippen LogP contribution in [-0.2, 0) is 0 Å². The number of benzene rings is 3. The maximum absolute atomic E-state index is 5.52. The van der Waals surface area contributed by atoms with Gasteiger partial charge in [-0.05, 0) is 31.2 Å². The lowest BCUT2D eigenvalue weighted by Crippen LogP contribution is -2.01. The zero-order chi connectivity index (χ0) is 20.7. The van der Waals surface area contributed by atoms with Gasteiger partial charge in [-0.15, -0.1) is 0 Å². The maximum Gasteiger partial charge on any atom is 0.199 e. The van der Waals surface area contributed by atoms with Crippen molar-refractivity contribution in [3.8, 4) is 28.6 Å². The van der Waals surface area contributed by atoms with Crippen molar-refractivity contribution in [3.63, 3.8) is 0 Å². The summed E-state index contributed by atoms with van der Waals surface area (Å²) in [4.78, 5) is 14.5. The van der Waals surface area contributed by atoms with Gasteiger partial charge in [0.2, 0.25) is 0 Å². The minimum absolute atomic E-state index is 0.596. The van der Waals surface area contributed by atoms with E-state index in [0.29, 0.717) is 22.8 Å². The Hall–Kier alpha value is -3.93. The number of hydrogen-bond donors (Lipinski definition) is 0. The van der Waals surface area contributed by atoms with E-state index in [9.17, 15) is 0 Å². The first kappa shape index (κ1) is 18.1. The fourth-order valence-electron chi connectivity index (χ4n) is 3.56. The zero-order valence-electron chi connectivity index (χ0n) is 17.0. The molecule has 6 heteroatoms. The van der Waals surface area contributed by atoms with E-state index in [2.05, 4.69) is 31.2 Å². The molecule has 0 saturated heterocycles. The van der Waals surface area contributed by atoms with Crippen LogP contribution >= 0.6 is 0 Å². The quantitative estimate of drug-likeness (QED) is 0.430. The van der Waals surface area contributed by atoms with Gasteiger partial charge in [0.1, 0.15) is 5.82 Å². The minimum Gasteiger partial charge on any atom is -0.493 e. The predicted molar refractivity (Wildman–Crippen MR) is 117 cm³/mol. The lowest BCUT2D eigenvalue weighted by atomic mass is 10.1. The number of hydrogen-bond acceptors (Lipinski definition) is 5. The van der Waals surface area contributed by atoms with Crippen LogP contribution < -0.4 is 9.47 Å². The number of rotatable bonds is 4. The molecule has 2 aromatic heterocycles. The molecule has 0 unspecified atom stereocenters. The van der Waals surface area contributed by atoms with Gasteiger partial charge in [0, 0.05) is 11.6 Å². The standard InChI is InChI=1S/C24H20N4O2/c1-15-8-10-16(11-9-15)23-27-22-24(26-19-7-5-4-6-18(19)25-22)28(23)17-12-13-20(29-2)21(14-17)30-3/h4-14H,1-3H3. The molecule has 0 bridgehead atoms. The lowest BCUT2D eigenvalue weighted by molar-refractivity contribution is 0.355. The molecule has 0 saturated carbocycles. The second-order valence-electron chi connectivity index (χ2n) is 7.04. The van der Waals surface area contributed by atoms with Crippen LogP contribution in [0.25, 0.3) is 39.4 Å². The molecule has 6 nitrogen and oxygen atoms in total. The van der Waals surface area contributed by atoms with Gasteiger partial charge in [-0.1, -0.05) is 42.0 Å². The normalized spacial score (nSPS) is 11.2. The summed E-state index contributed by atoms with van der Waals surface area (Å²) in [6.45, 7) is 2.07. The highest BCUT2D eigenvalue weighted by molar-refractivity contribution is 5.86. The highest BCUT2D eigenvalue weighted by Gasteiger charge is 2.19. The van der Waals surface area contributed by atoms with Crippen molar-refractivity contribution < 1.29 is 9.47 Å². The highest BCUT2D eigenvalue weighted by Crippen LogP contribution is 2.33. The predicted octanol–water partition coefficient (Wildman–Crippen LogP) is 4.96. The second-order valence-corrected chi connectivity index (χ2v) is 7.04. The van der Waals surface area contributed by atoms with E-state index in [-0.39, 0.29) is 0 Å². The summed E-state index contributed by atoms with van der Waals surface area (Å²) in [5.74, 6) is 2.08. The summed E-state index contributed by atoms with van der Waals surface area (Å²) < 4.78 is 12.9. The third-order valence-electron chi connectivity index (χ3n) is 5.10. The number of methoxy groups -OCH3 is 2. The third kappa shape index (κ3) is 2.93. The smallest absolute Gasteiger partial charge is 0.199 e. The molecule has 5 rings (SSSR count). The first-order chi connectivity index (χ1) is 14.7. The third-order valence-corrected chi connectivity index (χ3v) is 5.10. The molecule has 0 amide bonds. The van der Waals surface area contributed by atoms with E-state index >= 15 is 0 Å². The molecule has 0 aliphatic rings. The number of aryl methyl sites for hydroxylation is 1. The highest BCUT2D eigenvalue weighted by atomic mass is 16.5. The van der Waals surface area contributed by atoms with Crippen molar-refractivity contribution >= 4 is 22.3 Å². The molecule has 3 aromatic carbocycles. The van der Waals surface area contributed by atoms with Gasteiger partial charge in [-0.25, -0.2) is 15.0 Å². The SMILES string of the molecule is COc1ccc(-n2c(-c3ccc(C)cc3)nc3nc4ccccc4nc32)cc1OC. The molecule has 0 N–H and O–H groups in total. The molecule has 30 heavy (non-hydrogen) atoms. The monoisotopic (exact) mass is 396 g/mol. The molecule has 0 spiro atoms. The van der Waals surface area contributed by atoms with Gasteiger partial charge in [0.25, 0.3) is 0 Å². The maximum atomic E-state index is 5.52. The number of fused-ring (bicyclic) bond motifs is 2. The molecule has 0 aliphatic carbocycles. The molecule has 0 radical (unpaired) electrons. The summed E-state index contributed by atoms with van der Waals surface area (Å²) in [6, 6.07) is 21.9. The topological polar surface area (TPSA) is 62.1 Å². The van der Waals surface area contributed by atoms with Gasteiger partial charge in [-0.3, -0.25) is 4.57 Å². The van der Waals surface area contributed by atoms with E-state index in [1.807, 2.05) is 47.0 Å². The molecule has 0 aliphatic heterocycles. The average Bonchev–Trinajstić information content (AvgIpc) is 3.15. The minimum atomic E-state index is 0.596. The summed E-state index contributed by atoms with van der Waals surface area (Å²) >= 11 is 0. The van der Waals surface area contributed by atoms with Crippen molar-refractivity contribution in [1.29, 1.82) is 0 Å². The largest absolute Gasteiger partial charge is 0.493 e. The van der Waals surface area contributed by atoms with Crippen molar-refractivity contribution in [3.05, 3.63) is 72.3 Å². The summed E-state index contributed by atoms with van der Waals surface area (Å²) in [5, 5.41) is 0. The molecular formula is C24H20N4O2. The summed E-state index contributed by atoms with van der Waals surface area (Å²) in [5.41, 5.74) is 5.97. The van der Waals surface area contributed by atoms with E-state index < -0.39 is 0 Å². The Balaban J connectivity index is 1.84. The van der Waals surface area contributed by atoms with E-state index in [0.717, 1.165) is 28.1 Å². The van der Waals surface area contributed by atoms with Crippen LogP contribution in [-0.4, -0.2) is 33.7 Å². The molecule has 2 heterocycles. The van der Waals surface area contributed by atoms with Crippen molar-refractivity contribution in [2.45, 2.75) is 6.92 Å². The Kier molecular flexibility index (Phi) is 4.32. The Labute approximate surface area is 173 Å². The van der Waals surface area contributed by atoms with Gasteiger partial charge in [0.05, 0.1) is 30.9 Å². The Bertz CT molecular complexity index is 1370. The van der Waals surface area contributed by atoms with Gasteiger partial charge < -0.3 is 9.47 Å². The van der Waals surface area contributed by atoms with Crippen LogP contribution in [0.15, 0.2) is 66.7 Å². The zero-order valence-corrected chi connectivity index (χ0v) is 17.0. The Morgan fingerprint density at radius 2 is 1.43 bits per heavy atom. The fourth-order valence-corrected chi connectivity index (χ4v) is 3.56. The van der Waals surface area contributed by atoms with Crippen molar-refractivity contribution in [1.82, 2.24) is 19.5 Å². The number of aromatic nitrogens is 4. The number of nitrogens with zero attached hydrogens (tertiary/aromatic N) is 4. The van der Waals surface area contributed by atoms with Crippen LogP contribution in [0.2, 0.25) is 0 Å². The van der Waals surface area contributed by atoms with Crippen LogP contribution in [0.4, 0.5) is 0 Å². The van der Waals surface area contributed by atoms with E-state index in [1.165, 1.54) is 5.56 Å². The van der Waals surface area contributed by atoms with E-state index in [4.69, 9.17) is 24.4 Å². The second kappa shape index (κ2) is 7.15. The van der Waals surface area contributed by atoms with Crippen LogP contribution in [0, 0.1) is 6.92 Å². The summed E-state index contributed by atoms with van der Waals surface area (Å²) in [6.07, 6.45) is 0. The first-order valence-corrected chi connectivity index (χ1v) is 9.62. The van der Waals surface area contributed by atoms with Crippen LogP contribution in [0.5, 0.6) is 11.5 Å². The molecule has 0 atom stereocenters. The van der Waals surface area contributed by atoms with Crippen molar-refractivity contribution in [2.75, 3.05) is 14.2 Å². The van der Waals surface area contributed by atoms with Gasteiger partial charge in [-0.2, -0.15) is 0 Å². The lowest BCUT2D eigenvalue weighted by Gasteiger charge is -2.13. The molecular weight excluding hydrogens is 376 g/mol. The fraction of sp³-hybridized carbons (Fsp3) is 0.125. The molecule has 0 fully saturated rings. The Morgan fingerprint density at radius 3 is 2.13 bits per heavy atom. The van der Waals surface area contributed by atoms with Crippen LogP contribution in [0.3, 0.4) is 0 Å². The van der Waals surface area contributed by atoms with Gasteiger partial charge in [0.15, 0.2) is 22.8 Å². The Morgan fingerprint density at radius 1 is 0.733 bits per heavy atom. The van der Waals surface area contributed by atoms with Crippen LogP contribution in [0.1, 0.15) is 5.56 Å². The van der Waals surface area contributed by atoms with Crippen molar-refractivity contribution in [2.24, 2.45) is 0 Å². The molecule has 148 valence electrons.